The van der Waals surface area contributed by atoms with Gasteiger partial charge in [-0.2, -0.15) is 0 Å². The summed E-state index contributed by atoms with van der Waals surface area (Å²) in [4.78, 5) is 16.0. The molecule has 0 radical (unpaired) electrons. The van der Waals surface area contributed by atoms with E-state index in [9.17, 15) is 4.79 Å². The molecule has 0 amide bonds. The molecule has 1 heterocycles. The molecule has 168 valence electrons. The van der Waals surface area contributed by atoms with Gasteiger partial charge in [0.2, 0.25) is 0 Å². The molecule has 0 spiro atoms. The van der Waals surface area contributed by atoms with E-state index in [1.807, 2.05) is 36.4 Å². The summed E-state index contributed by atoms with van der Waals surface area (Å²) in [7, 11) is 0. The van der Waals surface area contributed by atoms with Crippen molar-refractivity contribution in [1.29, 1.82) is 0 Å². The number of pyridine rings is 1. The number of rotatable bonds is 4. The van der Waals surface area contributed by atoms with Gasteiger partial charge in [-0.05, 0) is 68.1 Å². The number of nitrogens with one attached hydrogen (secondary N) is 1. The smallest absolute Gasteiger partial charge is 0.256 e. The van der Waals surface area contributed by atoms with E-state index >= 15 is 0 Å². The summed E-state index contributed by atoms with van der Waals surface area (Å²) in [5, 5.41) is 6.46. The van der Waals surface area contributed by atoms with Gasteiger partial charge in [-0.3, -0.25) is 4.79 Å². The van der Waals surface area contributed by atoms with Crippen LogP contribution in [0, 0.1) is 0 Å². The van der Waals surface area contributed by atoms with E-state index in [0.29, 0.717) is 0 Å². The minimum atomic E-state index is -0.0177. The molecule has 0 bridgehead atoms. The van der Waals surface area contributed by atoms with Crippen molar-refractivity contribution in [2.75, 3.05) is 0 Å². The first kappa shape index (κ1) is 21.1. The molecule has 1 aliphatic carbocycles. The number of H-pyrrole nitrogens is 1. The van der Waals surface area contributed by atoms with Crippen molar-refractivity contribution < 1.29 is 0 Å². The molecule has 1 aliphatic rings. The highest BCUT2D eigenvalue weighted by atomic mass is 16.1. The van der Waals surface area contributed by atoms with Gasteiger partial charge in [-0.25, -0.2) is 0 Å². The van der Waals surface area contributed by atoms with Crippen LogP contribution in [0.5, 0.6) is 0 Å². The van der Waals surface area contributed by atoms with E-state index in [1.165, 1.54) is 32.7 Å². The summed E-state index contributed by atoms with van der Waals surface area (Å²) in [5.74, 6) is 0. The van der Waals surface area contributed by atoms with Crippen LogP contribution in [0.25, 0.3) is 43.5 Å². The average Bonchev–Trinajstić information content (AvgIpc) is 2.90. The first-order valence-electron chi connectivity index (χ1n) is 12.0. The molecule has 1 N–H and O–H groups in total. The number of aryl methyl sites for hydroxylation is 1. The number of allylic oxidation sites excluding steroid dienone is 5. The van der Waals surface area contributed by atoms with Crippen LogP contribution in [-0.2, 0) is 6.42 Å². The molecule has 0 fully saturated rings. The largest absolute Gasteiger partial charge is 0.325 e. The van der Waals surface area contributed by atoms with Crippen LogP contribution in [-0.4, -0.2) is 4.98 Å². The molecular weight excluding hydrogens is 426 g/mol. The van der Waals surface area contributed by atoms with Crippen LogP contribution in [0.2, 0.25) is 0 Å². The Morgan fingerprint density at radius 1 is 0.743 bits per heavy atom. The maximum atomic E-state index is 12.8. The summed E-state index contributed by atoms with van der Waals surface area (Å²) in [6.07, 6.45) is 9.80. The average molecular weight is 452 g/mol. The Balaban J connectivity index is 1.80. The van der Waals surface area contributed by atoms with Crippen molar-refractivity contribution in [2.45, 2.75) is 12.8 Å². The Bertz CT molecular complexity index is 1740. The van der Waals surface area contributed by atoms with Crippen LogP contribution in [0.15, 0.2) is 115 Å². The second-order valence-corrected chi connectivity index (χ2v) is 8.91. The van der Waals surface area contributed by atoms with Gasteiger partial charge in [-0.15, -0.1) is 0 Å². The lowest BCUT2D eigenvalue weighted by molar-refractivity contribution is 0.918. The van der Waals surface area contributed by atoms with Gasteiger partial charge in [0.15, 0.2) is 0 Å². The molecule has 35 heavy (non-hydrogen) atoms. The topological polar surface area (TPSA) is 32.9 Å². The van der Waals surface area contributed by atoms with Crippen LogP contribution in [0.3, 0.4) is 0 Å². The van der Waals surface area contributed by atoms with Crippen molar-refractivity contribution in [1.82, 2.24) is 4.98 Å². The third kappa shape index (κ3) is 3.22. The molecule has 1 aromatic heterocycles. The molecule has 0 aliphatic heterocycles. The fourth-order valence-electron chi connectivity index (χ4n) is 5.62. The molecule has 0 atom stereocenters. The molecular formula is C33H25NO. The zero-order valence-electron chi connectivity index (χ0n) is 19.5. The lowest BCUT2D eigenvalue weighted by Crippen LogP contribution is -2.15. The van der Waals surface area contributed by atoms with E-state index in [2.05, 4.69) is 78.8 Å². The lowest BCUT2D eigenvalue weighted by Gasteiger charge is -2.24. The normalized spacial score (nSPS) is 13.6. The van der Waals surface area contributed by atoms with Crippen LogP contribution < -0.4 is 5.56 Å². The third-order valence-corrected chi connectivity index (χ3v) is 7.03. The second-order valence-electron chi connectivity index (χ2n) is 8.91. The zero-order valence-corrected chi connectivity index (χ0v) is 19.5. The van der Waals surface area contributed by atoms with Gasteiger partial charge < -0.3 is 4.98 Å². The highest BCUT2D eigenvalue weighted by Gasteiger charge is 2.24. The number of hydrogen-bond donors (Lipinski definition) is 1. The van der Waals surface area contributed by atoms with Crippen molar-refractivity contribution in [2.24, 2.45) is 0 Å². The minimum Gasteiger partial charge on any atom is -0.325 e. The van der Waals surface area contributed by atoms with Gasteiger partial charge in [0.05, 0.1) is 0 Å². The third-order valence-electron chi connectivity index (χ3n) is 7.03. The first-order valence-corrected chi connectivity index (χ1v) is 12.0. The van der Waals surface area contributed by atoms with Crippen LogP contribution in [0.4, 0.5) is 0 Å². The highest BCUT2D eigenvalue weighted by Crippen LogP contribution is 2.44. The molecule has 2 nitrogen and oxygen atoms in total. The Labute approximate surface area is 204 Å². The number of hydrogen-bond acceptors (Lipinski definition) is 1. The Morgan fingerprint density at radius 3 is 1.86 bits per heavy atom. The van der Waals surface area contributed by atoms with Gasteiger partial charge in [0, 0.05) is 16.6 Å². The lowest BCUT2D eigenvalue weighted by atomic mass is 9.80. The predicted molar refractivity (Wildman–Crippen MR) is 150 cm³/mol. The number of benzene rings is 4. The second kappa shape index (κ2) is 8.41. The fourth-order valence-corrected chi connectivity index (χ4v) is 5.62. The van der Waals surface area contributed by atoms with Crippen molar-refractivity contribution in [3.63, 3.8) is 0 Å². The van der Waals surface area contributed by atoms with Crippen molar-refractivity contribution >= 4 is 43.5 Å². The van der Waals surface area contributed by atoms with Crippen molar-refractivity contribution in [3.8, 4) is 0 Å². The molecule has 2 heteroatoms. The van der Waals surface area contributed by atoms with E-state index in [0.717, 1.165) is 46.0 Å². The summed E-state index contributed by atoms with van der Waals surface area (Å²) < 4.78 is 0. The number of fused-ring (bicyclic) bond motifs is 5. The molecule has 6 rings (SSSR count). The SMILES string of the molecule is C=C/C=C(\C=C)c1c2ccccc2c(C2=CCCc3[nH]c(=O)c4ccccc4c32)c2ccccc12. The maximum absolute atomic E-state index is 12.8. The fraction of sp³-hybridized carbons (Fsp3) is 0.0606. The summed E-state index contributed by atoms with van der Waals surface area (Å²) in [6, 6.07) is 25.1. The molecule has 0 saturated carbocycles. The highest BCUT2D eigenvalue weighted by molar-refractivity contribution is 6.19. The molecule has 0 saturated heterocycles. The minimum absolute atomic E-state index is 0.0177. The zero-order chi connectivity index (χ0) is 23.9. The van der Waals surface area contributed by atoms with Gasteiger partial charge in [-0.1, -0.05) is 104 Å². The van der Waals surface area contributed by atoms with Crippen molar-refractivity contribution in [3.05, 3.63) is 143 Å². The maximum Gasteiger partial charge on any atom is 0.256 e. The van der Waals surface area contributed by atoms with E-state index in [-0.39, 0.29) is 5.56 Å². The Morgan fingerprint density at radius 2 is 1.29 bits per heavy atom. The van der Waals surface area contributed by atoms with E-state index in [4.69, 9.17) is 0 Å². The Hall–Kier alpha value is -4.43. The molecule has 0 unspecified atom stereocenters. The molecule has 4 aromatic carbocycles. The quantitative estimate of drug-likeness (QED) is 0.218. The summed E-state index contributed by atoms with van der Waals surface area (Å²) >= 11 is 0. The molecule has 5 aromatic rings. The Kier molecular flexibility index (Phi) is 5.08. The number of aromatic nitrogens is 1. The first-order chi connectivity index (χ1) is 17.2. The van der Waals surface area contributed by atoms with Crippen LogP contribution in [0.1, 0.15) is 28.8 Å². The predicted octanol–water partition coefficient (Wildman–Crippen LogP) is 7.97. The van der Waals surface area contributed by atoms with E-state index in [1.54, 1.807) is 0 Å². The summed E-state index contributed by atoms with van der Waals surface area (Å²) in [5.41, 5.74) is 6.74. The standard InChI is InChI=1S/C33H25NO/c1-3-12-21(4-2)30-22-13-5-7-15-24(22)31(25-16-8-6-14-23(25)30)28-19-11-20-29-32(28)26-17-9-10-18-27(26)33(35)34-29/h3-10,12-19H,1-2,11,20H2,(H,34,35)/b21-12+. The summed E-state index contributed by atoms with van der Waals surface area (Å²) in [6.45, 7) is 8.02. The van der Waals surface area contributed by atoms with E-state index < -0.39 is 0 Å². The number of aromatic amines is 1. The van der Waals surface area contributed by atoms with Crippen LogP contribution >= 0.6 is 0 Å². The van der Waals surface area contributed by atoms with Gasteiger partial charge >= 0.3 is 0 Å². The monoisotopic (exact) mass is 451 g/mol. The van der Waals surface area contributed by atoms with Gasteiger partial charge in [0.25, 0.3) is 5.56 Å². The van der Waals surface area contributed by atoms with Gasteiger partial charge in [0.1, 0.15) is 0 Å².